The highest BCUT2D eigenvalue weighted by atomic mass is 35.5. The van der Waals surface area contributed by atoms with E-state index in [9.17, 15) is 8.42 Å². The molecule has 0 amide bonds. The zero-order valence-electron chi connectivity index (χ0n) is 14.1. The van der Waals surface area contributed by atoms with Gasteiger partial charge in [0.25, 0.3) is 0 Å². The second-order valence-electron chi connectivity index (χ2n) is 5.95. The Kier molecular flexibility index (Phi) is 6.74. The number of halogens is 1. The largest absolute Gasteiger partial charge is 0.352 e. The Morgan fingerprint density at radius 1 is 1.44 bits per heavy atom. The minimum atomic E-state index is -3.35. The third-order valence-electron chi connectivity index (χ3n) is 4.05. The molecule has 1 saturated heterocycles. The average Bonchev–Trinajstić information content (AvgIpc) is 3.08. The fourth-order valence-corrected chi connectivity index (χ4v) is 3.68. The molecular weight excluding hydrogens is 364 g/mol. The summed E-state index contributed by atoms with van der Waals surface area (Å²) < 4.78 is 25.9. The molecule has 1 unspecified atom stereocenters. The van der Waals surface area contributed by atoms with Crippen molar-refractivity contribution < 1.29 is 8.42 Å². The first kappa shape index (κ1) is 19.6. The van der Waals surface area contributed by atoms with Crippen molar-refractivity contribution in [2.24, 2.45) is 0 Å². The lowest BCUT2D eigenvalue weighted by Crippen LogP contribution is -2.30. The van der Waals surface area contributed by atoms with Crippen molar-refractivity contribution in [3.05, 3.63) is 30.4 Å². The molecule has 3 heterocycles. The van der Waals surface area contributed by atoms with Crippen molar-refractivity contribution in [1.82, 2.24) is 25.1 Å². The Balaban J connectivity index is 0.00000225. The normalized spacial score (nSPS) is 17.7. The molecule has 0 aliphatic carbocycles. The lowest BCUT2D eigenvalue weighted by molar-refractivity contribution is 0.448. The Hall–Kier alpha value is -1.71. The molecule has 1 aliphatic heterocycles. The minimum Gasteiger partial charge on any atom is -0.352 e. The summed E-state index contributed by atoms with van der Waals surface area (Å²) in [5, 5.41) is 10.6. The fourth-order valence-electron chi connectivity index (χ4n) is 2.85. The molecule has 2 aromatic heterocycles. The Morgan fingerprint density at radius 3 is 2.92 bits per heavy atom. The van der Waals surface area contributed by atoms with Crippen molar-refractivity contribution in [3.8, 4) is 0 Å². The van der Waals surface area contributed by atoms with Crippen LogP contribution in [0.5, 0.6) is 0 Å². The molecule has 0 bridgehead atoms. The van der Waals surface area contributed by atoms with E-state index >= 15 is 0 Å². The summed E-state index contributed by atoms with van der Waals surface area (Å²) in [5.74, 6) is 0.549. The van der Waals surface area contributed by atoms with Gasteiger partial charge in [-0.3, -0.25) is 4.68 Å². The number of hydrogen-bond donors (Lipinski definition) is 2. The summed E-state index contributed by atoms with van der Waals surface area (Å²) in [6.07, 6.45) is 8.18. The van der Waals surface area contributed by atoms with Gasteiger partial charge in [0.15, 0.2) is 9.84 Å². The number of rotatable bonds is 6. The Bertz CT molecular complexity index is 775. The zero-order chi connectivity index (χ0) is 17.0. The second kappa shape index (κ2) is 8.59. The van der Waals surface area contributed by atoms with E-state index < -0.39 is 9.84 Å². The van der Waals surface area contributed by atoms with E-state index in [1.165, 1.54) is 12.5 Å². The van der Waals surface area contributed by atoms with Crippen molar-refractivity contribution in [3.63, 3.8) is 0 Å². The van der Waals surface area contributed by atoms with Crippen LogP contribution in [0.2, 0.25) is 0 Å². The van der Waals surface area contributed by atoms with Gasteiger partial charge in [0.1, 0.15) is 4.90 Å². The summed E-state index contributed by atoms with van der Waals surface area (Å²) in [6.45, 7) is 3.00. The van der Waals surface area contributed by atoms with Gasteiger partial charge in [-0.2, -0.15) is 5.10 Å². The number of piperidine rings is 1. The molecule has 25 heavy (non-hydrogen) atoms. The van der Waals surface area contributed by atoms with Gasteiger partial charge in [0, 0.05) is 37.7 Å². The number of sulfone groups is 1. The molecule has 138 valence electrons. The number of aromatic nitrogens is 4. The molecule has 0 aromatic carbocycles. The fraction of sp³-hybridized carbons (Fsp3) is 0.533. The first-order chi connectivity index (χ1) is 11.5. The van der Waals surface area contributed by atoms with E-state index in [0.29, 0.717) is 24.7 Å². The van der Waals surface area contributed by atoms with Gasteiger partial charge in [-0.25, -0.2) is 18.4 Å². The third kappa shape index (κ3) is 5.13. The maximum Gasteiger partial charge on any atom is 0.223 e. The van der Waals surface area contributed by atoms with Crippen LogP contribution in [0.1, 0.15) is 24.5 Å². The van der Waals surface area contributed by atoms with E-state index in [1.54, 1.807) is 6.20 Å². The van der Waals surface area contributed by atoms with Crippen LogP contribution in [0.15, 0.2) is 29.6 Å². The van der Waals surface area contributed by atoms with Crippen LogP contribution in [-0.2, 0) is 16.4 Å². The molecule has 1 atom stereocenters. The number of hydrogen-bond acceptors (Lipinski definition) is 7. The van der Waals surface area contributed by atoms with Crippen LogP contribution >= 0.6 is 12.4 Å². The van der Waals surface area contributed by atoms with E-state index in [4.69, 9.17) is 0 Å². The lowest BCUT2D eigenvalue weighted by Gasteiger charge is -2.24. The van der Waals surface area contributed by atoms with Crippen LogP contribution < -0.4 is 10.6 Å². The molecule has 0 radical (unpaired) electrons. The Labute approximate surface area is 153 Å². The molecule has 10 heteroatoms. The maximum atomic E-state index is 12.0. The van der Waals surface area contributed by atoms with Gasteiger partial charge in [-0.15, -0.1) is 12.4 Å². The first-order valence-electron chi connectivity index (χ1n) is 8.03. The smallest absolute Gasteiger partial charge is 0.223 e. The van der Waals surface area contributed by atoms with E-state index in [0.717, 1.165) is 25.9 Å². The molecule has 0 saturated carbocycles. The molecule has 8 nitrogen and oxygen atoms in total. The van der Waals surface area contributed by atoms with Gasteiger partial charge in [0.2, 0.25) is 5.95 Å². The van der Waals surface area contributed by atoms with Crippen molar-refractivity contribution in [1.29, 1.82) is 0 Å². The molecule has 2 N–H and O–H groups in total. The van der Waals surface area contributed by atoms with Crippen molar-refractivity contribution in [2.45, 2.75) is 30.2 Å². The lowest BCUT2D eigenvalue weighted by atomic mass is 9.96. The predicted octanol–water partition coefficient (Wildman–Crippen LogP) is 1.08. The molecule has 0 spiro atoms. The topological polar surface area (TPSA) is 102 Å². The summed E-state index contributed by atoms with van der Waals surface area (Å²) in [7, 11) is -3.35. The number of anilines is 1. The highest BCUT2D eigenvalue weighted by Gasteiger charge is 2.25. The quantitative estimate of drug-likeness (QED) is 0.765. The molecule has 1 fully saturated rings. The van der Waals surface area contributed by atoms with Crippen molar-refractivity contribution >= 4 is 28.2 Å². The predicted molar refractivity (Wildman–Crippen MR) is 98.0 cm³/mol. The molecule has 1 aliphatic rings. The molecule has 3 rings (SSSR count). The summed E-state index contributed by atoms with van der Waals surface area (Å²) >= 11 is 0. The van der Waals surface area contributed by atoms with Gasteiger partial charge in [-0.1, -0.05) is 0 Å². The number of nitrogens with zero attached hydrogens (tertiary/aromatic N) is 4. The Morgan fingerprint density at radius 2 is 2.28 bits per heavy atom. The van der Waals surface area contributed by atoms with Crippen LogP contribution in [-0.4, -0.2) is 54.1 Å². The van der Waals surface area contributed by atoms with E-state index in [2.05, 4.69) is 25.7 Å². The minimum absolute atomic E-state index is 0. The van der Waals surface area contributed by atoms with Gasteiger partial charge in [-0.05, 0) is 25.5 Å². The monoisotopic (exact) mass is 386 g/mol. The molecule has 2 aromatic rings. The zero-order valence-corrected chi connectivity index (χ0v) is 15.7. The van der Waals surface area contributed by atoms with E-state index in [1.807, 2.05) is 16.9 Å². The van der Waals surface area contributed by atoms with Crippen LogP contribution in [0, 0.1) is 0 Å². The van der Waals surface area contributed by atoms with Gasteiger partial charge < -0.3 is 10.6 Å². The summed E-state index contributed by atoms with van der Waals surface area (Å²) in [4.78, 5) is 8.91. The average molecular weight is 387 g/mol. The van der Waals surface area contributed by atoms with E-state index in [-0.39, 0.29) is 23.2 Å². The summed E-state index contributed by atoms with van der Waals surface area (Å²) in [6, 6.07) is 1.87. The SMILES string of the molecule is CS(=O)(=O)c1cnc(NCCn2cccn2)nc1C1CCCNC1.Cl. The standard InChI is InChI=1S/C15H22N6O2S.ClH/c1-24(22,23)13-11-18-15(17-7-9-21-8-3-6-19-21)20-14(13)12-4-2-5-16-10-12;/h3,6,8,11-12,16H,2,4-5,7,9-10H2,1H3,(H,17,18,20);1H. The number of nitrogens with one attached hydrogen (secondary N) is 2. The van der Waals surface area contributed by atoms with Gasteiger partial charge >= 0.3 is 0 Å². The van der Waals surface area contributed by atoms with Crippen LogP contribution in [0.3, 0.4) is 0 Å². The third-order valence-corrected chi connectivity index (χ3v) is 5.16. The van der Waals surface area contributed by atoms with Crippen molar-refractivity contribution in [2.75, 3.05) is 31.2 Å². The maximum absolute atomic E-state index is 12.0. The molecular formula is C15H23ClN6O2S. The highest BCUT2D eigenvalue weighted by Crippen LogP contribution is 2.27. The van der Waals surface area contributed by atoms with Gasteiger partial charge in [0.05, 0.1) is 18.4 Å². The van der Waals surface area contributed by atoms with Crippen LogP contribution in [0.25, 0.3) is 0 Å². The highest BCUT2D eigenvalue weighted by molar-refractivity contribution is 7.90. The first-order valence-corrected chi connectivity index (χ1v) is 9.92. The second-order valence-corrected chi connectivity index (χ2v) is 7.94. The van der Waals surface area contributed by atoms with Crippen LogP contribution in [0.4, 0.5) is 5.95 Å². The summed E-state index contributed by atoms with van der Waals surface area (Å²) in [5.41, 5.74) is 0.612.